The quantitative estimate of drug-likeness (QED) is 0.510. The van der Waals surface area contributed by atoms with E-state index < -0.39 is 0 Å². The van der Waals surface area contributed by atoms with Crippen molar-refractivity contribution in [2.45, 2.75) is 52.4 Å². The number of anilines is 1. The molecule has 30 heavy (non-hydrogen) atoms. The lowest BCUT2D eigenvalue weighted by molar-refractivity contribution is -0.113. The molecule has 7 heteroatoms. The van der Waals surface area contributed by atoms with Crippen molar-refractivity contribution in [1.82, 2.24) is 14.8 Å². The van der Waals surface area contributed by atoms with E-state index in [1.807, 2.05) is 75.6 Å². The first-order chi connectivity index (χ1) is 14.4. The molecule has 1 atom stereocenters. The van der Waals surface area contributed by atoms with Crippen molar-refractivity contribution in [1.29, 1.82) is 0 Å². The van der Waals surface area contributed by atoms with Crippen LogP contribution in [-0.2, 0) is 11.3 Å². The Morgan fingerprint density at radius 1 is 1.13 bits per heavy atom. The van der Waals surface area contributed by atoms with Crippen LogP contribution in [0.5, 0.6) is 5.75 Å². The van der Waals surface area contributed by atoms with Crippen LogP contribution in [0.3, 0.4) is 0 Å². The number of nitrogens with zero attached hydrogens (tertiary/aromatic N) is 3. The van der Waals surface area contributed by atoms with Crippen LogP contribution < -0.4 is 10.1 Å². The molecule has 0 aliphatic rings. The van der Waals surface area contributed by atoms with E-state index in [0.717, 1.165) is 34.0 Å². The zero-order valence-corrected chi connectivity index (χ0v) is 18.9. The largest absolute Gasteiger partial charge is 0.482 e. The van der Waals surface area contributed by atoms with Crippen LogP contribution in [0.2, 0.25) is 0 Å². The van der Waals surface area contributed by atoms with E-state index in [4.69, 9.17) is 4.74 Å². The summed E-state index contributed by atoms with van der Waals surface area (Å²) in [6.07, 6.45) is -0.253. The second-order valence-electron chi connectivity index (χ2n) is 7.32. The Hall–Kier alpha value is -2.80. The highest BCUT2D eigenvalue weighted by atomic mass is 32.2. The monoisotopic (exact) mass is 424 g/mol. The third kappa shape index (κ3) is 5.42. The highest BCUT2D eigenvalue weighted by Crippen LogP contribution is 2.26. The molecule has 1 heterocycles. The number of ether oxygens (including phenoxy) is 1. The maximum Gasteiger partial charge on any atom is 0.234 e. The van der Waals surface area contributed by atoms with E-state index in [9.17, 15) is 4.79 Å². The molecule has 0 fully saturated rings. The van der Waals surface area contributed by atoms with Gasteiger partial charge in [-0.1, -0.05) is 36.0 Å². The molecular formula is C23H28N4O2S. The fourth-order valence-corrected chi connectivity index (χ4v) is 4.12. The summed E-state index contributed by atoms with van der Waals surface area (Å²) in [7, 11) is 0. The number of carbonyl (C=O) groups is 1. The first-order valence-electron chi connectivity index (χ1n) is 10.0. The molecule has 0 saturated heterocycles. The predicted octanol–water partition coefficient (Wildman–Crippen LogP) is 5.09. The third-order valence-electron chi connectivity index (χ3n) is 4.66. The Bertz CT molecular complexity index is 1010. The Kier molecular flexibility index (Phi) is 7.15. The Morgan fingerprint density at radius 2 is 1.83 bits per heavy atom. The second-order valence-corrected chi connectivity index (χ2v) is 8.27. The summed E-state index contributed by atoms with van der Waals surface area (Å²) in [5, 5.41) is 12.3. The number of benzene rings is 2. The minimum atomic E-state index is -0.253. The standard InChI is InChI=1S/C23H28N4O2S/c1-6-27-22(18(5)29-20-10-8-7-9-17(20)4)25-26-23(27)30-14-21(28)24-19-12-15(2)11-16(3)13-19/h7-13,18H,6,14H2,1-5H3,(H,24,28). The summed E-state index contributed by atoms with van der Waals surface area (Å²) in [6.45, 7) is 10.7. The number of para-hydroxylation sites is 1. The van der Waals surface area contributed by atoms with Crippen molar-refractivity contribution in [2.75, 3.05) is 11.1 Å². The van der Waals surface area contributed by atoms with Crippen LogP contribution >= 0.6 is 11.8 Å². The van der Waals surface area contributed by atoms with Gasteiger partial charge in [-0.15, -0.1) is 10.2 Å². The number of amides is 1. The number of nitrogens with one attached hydrogen (secondary N) is 1. The van der Waals surface area contributed by atoms with Crippen molar-refractivity contribution in [3.63, 3.8) is 0 Å². The zero-order valence-electron chi connectivity index (χ0n) is 18.1. The summed E-state index contributed by atoms with van der Waals surface area (Å²) in [5.41, 5.74) is 4.13. The van der Waals surface area contributed by atoms with Gasteiger partial charge in [0.1, 0.15) is 5.75 Å². The molecule has 0 aliphatic heterocycles. The van der Waals surface area contributed by atoms with Gasteiger partial charge in [-0.05, 0) is 69.5 Å². The third-order valence-corrected chi connectivity index (χ3v) is 5.63. The molecule has 1 N–H and O–H groups in total. The van der Waals surface area contributed by atoms with Crippen LogP contribution in [0.1, 0.15) is 42.5 Å². The molecule has 0 spiro atoms. The van der Waals surface area contributed by atoms with Crippen molar-refractivity contribution in [2.24, 2.45) is 0 Å². The lowest BCUT2D eigenvalue weighted by Gasteiger charge is -2.17. The molecule has 0 saturated carbocycles. The second kappa shape index (κ2) is 9.80. The fraction of sp³-hybridized carbons (Fsp3) is 0.348. The molecule has 0 aliphatic carbocycles. The van der Waals surface area contributed by atoms with Gasteiger partial charge < -0.3 is 14.6 Å². The van der Waals surface area contributed by atoms with Crippen LogP contribution in [0.4, 0.5) is 5.69 Å². The molecule has 0 bridgehead atoms. The Morgan fingerprint density at radius 3 is 2.50 bits per heavy atom. The maximum atomic E-state index is 12.4. The average molecular weight is 425 g/mol. The van der Waals surface area contributed by atoms with E-state index >= 15 is 0 Å². The van der Waals surface area contributed by atoms with E-state index in [-0.39, 0.29) is 17.8 Å². The van der Waals surface area contributed by atoms with Crippen LogP contribution in [-0.4, -0.2) is 26.4 Å². The highest BCUT2D eigenvalue weighted by Gasteiger charge is 2.20. The number of thioether (sulfide) groups is 1. The van der Waals surface area contributed by atoms with E-state index in [1.165, 1.54) is 11.8 Å². The fourth-order valence-electron chi connectivity index (χ4n) is 3.31. The molecule has 1 unspecified atom stereocenters. The summed E-state index contributed by atoms with van der Waals surface area (Å²) in [5.74, 6) is 1.77. The Balaban J connectivity index is 1.65. The topological polar surface area (TPSA) is 69.0 Å². The first-order valence-corrected chi connectivity index (χ1v) is 11.0. The number of hydrogen-bond acceptors (Lipinski definition) is 5. The number of rotatable bonds is 8. The lowest BCUT2D eigenvalue weighted by atomic mass is 10.1. The average Bonchev–Trinajstić information content (AvgIpc) is 3.10. The minimum Gasteiger partial charge on any atom is -0.482 e. The minimum absolute atomic E-state index is 0.0681. The summed E-state index contributed by atoms with van der Waals surface area (Å²) in [4.78, 5) is 12.4. The van der Waals surface area contributed by atoms with Gasteiger partial charge in [0.2, 0.25) is 5.91 Å². The lowest BCUT2D eigenvalue weighted by Crippen LogP contribution is -2.15. The SMILES string of the molecule is CCn1c(SCC(=O)Nc2cc(C)cc(C)c2)nnc1C(C)Oc1ccccc1C. The highest BCUT2D eigenvalue weighted by molar-refractivity contribution is 7.99. The van der Waals surface area contributed by atoms with Gasteiger partial charge in [0.05, 0.1) is 5.75 Å². The van der Waals surface area contributed by atoms with Gasteiger partial charge >= 0.3 is 0 Å². The predicted molar refractivity (Wildman–Crippen MR) is 121 cm³/mol. The first kappa shape index (κ1) is 21.9. The van der Waals surface area contributed by atoms with Gasteiger partial charge in [-0.2, -0.15) is 0 Å². The number of carbonyl (C=O) groups excluding carboxylic acids is 1. The maximum absolute atomic E-state index is 12.4. The van der Waals surface area contributed by atoms with Gasteiger partial charge in [0, 0.05) is 12.2 Å². The van der Waals surface area contributed by atoms with Gasteiger partial charge in [0.15, 0.2) is 17.1 Å². The van der Waals surface area contributed by atoms with Crippen LogP contribution in [0.25, 0.3) is 0 Å². The van der Waals surface area contributed by atoms with Gasteiger partial charge in [-0.25, -0.2) is 0 Å². The Labute approximate surface area is 182 Å². The van der Waals surface area contributed by atoms with Crippen molar-refractivity contribution >= 4 is 23.4 Å². The van der Waals surface area contributed by atoms with Gasteiger partial charge in [0.25, 0.3) is 0 Å². The van der Waals surface area contributed by atoms with Crippen LogP contribution in [0.15, 0.2) is 47.6 Å². The molecule has 0 radical (unpaired) electrons. The molecule has 1 aromatic heterocycles. The molecule has 3 rings (SSSR count). The molecule has 3 aromatic rings. The number of aryl methyl sites for hydroxylation is 3. The van der Waals surface area contributed by atoms with Crippen molar-refractivity contribution in [3.8, 4) is 5.75 Å². The summed E-state index contributed by atoms with van der Waals surface area (Å²) < 4.78 is 8.10. The molecular weight excluding hydrogens is 396 g/mol. The molecule has 1 amide bonds. The van der Waals surface area contributed by atoms with Crippen LogP contribution in [0, 0.1) is 20.8 Å². The smallest absolute Gasteiger partial charge is 0.234 e. The molecule has 2 aromatic carbocycles. The number of aromatic nitrogens is 3. The summed E-state index contributed by atoms with van der Waals surface area (Å²) >= 11 is 1.38. The molecule has 6 nitrogen and oxygen atoms in total. The van der Waals surface area contributed by atoms with E-state index in [2.05, 4.69) is 21.6 Å². The zero-order chi connectivity index (χ0) is 21.7. The normalized spacial score (nSPS) is 11.9. The van der Waals surface area contributed by atoms with E-state index in [0.29, 0.717) is 11.7 Å². The number of hydrogen-bond donors (Lipinski definition) is 1. The molecule has 158 valence electrons. The van der Waals surface area contributed by atoms with Crippen molar-refractivity contribution in [3.05, 3.63) is 65.0 Å². The van der Waals surface area contributed by atoms with Crippen molar-refractivity contribution < 1.29 is 9.53 Å². The summed E-state index contributed by atoms with van der Waals surface area (Å²) in [6, 6.07) is 13.9. The van der Waals surface area contributed by atoms with Gasteiger partial charge in [-0.3, -0.25) is 4.79 Å². The van der Waals surface area contributed by atoms with E-state index in [1.54, 1.807) is 0 Å².